The summed E-state index contributed by atoms with van der Waals surface area (Å²) in [6.45, 7) is 3.49. The molecule has 5 aromatic carbocycles. The van der Waals surface area contributed by atoms with E-state index in [0.29, 0.717) is 13.2 Å². The second-order valence-corrected chi connectivity index (χ2v) is 14.6. The van der Waals surface area contributed by atoms with E-state index in [1.807, 2.05) is 159 Å². The van der Waals surface area contributed by atoms with Gasteiger partial charge < -0.3 is 47.7 Å². The van der Waals surface area contributed by atoms with Crippen LogP contribution < -0.4 is 0 Å². The van der Waals surface area contributed by atoms with Crippen LogP contribution in [0.1, 0.15) is 34.7 Å². The lowest BCUT2D eigenvalue weighted by molar-refractivity contribution is -0.370. The number of aliphatic hydroxyl groups excluding tert-OH is 1. The van der Waals surface area contributed by atoms with Crippen LogP contribution in [0.3, 0.4) is 0 Å². The molecule has 0 aliphatic carbocycles. The third-order valence-electron chi connectivity index (χ3n) is 10.4. The molecule has 0 amide bonds. The second-order valence-electron chi connectivity index (χ2n) is 14.6. The van der Waals surface area contributed by atoms with E-state index in [2.05, 4.69) is 0 Å². The summed E-state index contributed by atoms with van der Waals surface area (Å²) in [6.07, 6.45) is -8.32. The van der Waals surface area contributed by atoms with Crippen LogP contribution in [0.4, 0.5) is 0 Å². The third-order valence-corrected chi connectivity index (χ3v) is 10.4. The zero-order valence-electron chi connectivity index (χ0n) is 33.1. The van der Waals surface area contributed by atoms with Gasteiger partial charge in [-0.1, -0.05) is 152 Å². The summed E-state index contributed by atoms with van der Waals surface area (Å²) in [5.41, 5.74) is 4.94. The highest BCUT2D eigenvalue weighted by atomic mass is 16.8. The highest BCUT2D eigenvalue weighted by Crippen LogP contribution is 2.35. The quantitative estimate of drug-likeness (QED) is 0.0911. The fourth-order valence-electron chi connectivity index (χ4n) is 7.35. The van der Waals surface area contributed by atoms with Crippen LogP contribution >= 0.6 is 0 Å². The summed E-state index contributed by atoms with van der Waals surface area (Å²) in [4.78, 5) is 0. The first kappa shape index (κ1) is 41.8. The predicted octanol–water partition coefficient (Wildman–Crippen LogP) is 7.41. The van der Waals surface area contributed by atoms with Gasteiger partial charge in [0.2, 0.25) is 0 Å². The van der Waals surface area contributed by atoms with Gasteiger partial charge in [-0.3, -0.25) is 0 Å². The van der Waals surface area contributed by atoms with E-state index in [9.17, 15) is 5.11 Å². The number of hydrogen-bond donors (Lipinski definition) is 1. The maximum Gasteiger partial charge on any atom is 0.187 e. The zero-order valence-corrected chi connectivity index (χ0v) is 33.1. The summed E-state index contributed by atoms with van der Waals surface area (Å²) in [7, 11) is 1.49. The van der Waals surface area contributed by atoms with E-state index in [4.69, 9.17) is 42.6 Å². The first-order valence-corrected chi connectivity index (χ1v) is 20.0. The molecule has 2 aliphatic rings. The molecule has 306 valence electrons. The Labute approximate surface area is 341 Å². The van der Waals surface area contributed by atoms with E-state index >= 15 is 0 Å². The molecule has 7 rings (SSSR count). The van der Waals surface area contributed by atoms with Gasteiger partial charge in [-0.15, -0.1) is 0 Å². The number of hydrogen-bond acceptors (Lipinski definition) is 10. The summed E-state index contributed by atoms with van der Waals surface area (Å²) in [5.74, 6) is 0. The minimum atomic E-state index is -1.23. The summed E-state index contributed by atoms with van der Waals surface area (Å²) >= 11 is 0. The van der Waals surface area contributed by atoms with Crippen molar-refractivity contribution in [3.8, 4) is 0 Å². The summed E-state index contributed by atoms with van der Waals surface area (Å²) < 4.78 is 59.0. The van der Waals surface area contributed by atoms with Crippen LogP contribution in [-0.2, 0) is 75.7 Å². The van der Waals surface area contributed by atoms with Gasteiger partial charge in [0.15, 0.2) is 12.6 Å². The van der Waals surface area contributed by atoms with Crippen molar-refractivity contribution in [3.63, 3.8) is 0 Å². The Morgan fingerprint density at radius 3 is 1.29 bits per heavy atom. The van der Waals surface area contributed by atoms with Crippen molar-refractivity contribution in [2.24, 2.45) is 0 Å². The van der Waals surface area contributed by atoms with Crippen molar-refractivity contribution in [1.29, 1.82) is 0 Å². The van der Waals surface area contributed by atoms with Gasteiger partial charge in [-0.05, 0) is 34.7 Å². The Kier molecular flexibility index (Phi) is 15.6. The van der Waals surface area contributed by atoms with E-state index < -0.39 is 61.4 Å². The summed E-state index contributed by atoms with van der Waals surface area (Å²) in [5, 5.41) is 11.8. The molecule has 2 fully saturated rings. The first-order chi connectivity index (χ1) is 28.6. The fraction of sp³-hybridized carbons (Fsp3) is 0.375. The Hall–Kier alpha value is -4.30. The summed E-state index contributed by atoms with van der Waals surface area (Å²) in [6, 6.07) is 49.7. The lowest BCUT2D eigenvalue weighted by Gasteiger charge is -2.49. The predicted molar refractivity (Wildman–Crippen MR) is 217 cm³/mol. The highest BCUT2D eigenvalue weighted by molar-refractivity contribution is 5.17. The minimum Gasteiger partial charge on any atom is -0.385 e. The second kappa shape index (κ2) is 21.6. The van der Waals surface area contributed by atoms with Gasteiger partial charge in [-0.2, -0.15) is 0 Å². The van der Waals surface area contributed by atoms with Crippen molar-refractivity contribution in [2.45, 2.75) is 101 Å². The molecule has 2 aliphatic heterocycles. The van der Waals surface area contributed by atoms with Crippen LogP contribution in [0.2, 0.25) is 0 Å². The normalized spacial score (nSPS) is 27.3. The molecule has 0 bridgehead atoms. The monoisotopic (exact) mass is 790 g/mol. The lowest BCUT2D eigenvalue weighted by Crippen LogP contribution is -2.65. The molecular weight excluding hydrogens is 737 g/mol. The Morgan fingerprint density at radius 1 is 0.448 bits per heavy atom. The van der Waals surface area contributed by atoms with Crippen LogP contribution in [0.15, 0.2) is 152 Å². The van der Waals surface area contributed by atoms with Crippen molar-refractivity contribution in [2.75, 3.05) is 13.7 Å². The average Bonchev–Trinajstić information content (AvgIpc) is 3.27. The van der Waals surface area contributed by atoms with Crippen molar-refractivity contribution in [3.05, 3.63) is 179 Å². The number of ether oxygens (including phenoxy) is 9. The third kappa shape index (κ3) is 11.5. The number of benzene rings is 5. The van der Waals surface area contributed by atoms with Crippen molar-refractivity contribution >= 4 is 0 Å². The van der Waals surface area contributed by atoms with Crippen LogP contribution in [0, 0.1) is 0 Å². The molecule has 1 N–H and O–H groups in total. The molecule has 10 nitrogen and oxygen atoms in total. The SMILES string of the molecule is CO[C@@H]1OC(C)[C@H](OCc2ccccc2)[C@H](O[C@H]2O[C@@H](COCc3ccccc3)[C@@H](OCc3ccccc3)C(OCc3ccccc3)C2OCc2ccccc2)C1O. The van der Waals surface area contributed by atoms with Crippen LogP contribution in [0.25, 0.3) is 0 Å². The van der Waals surface area contributed by atoms with Crippen molar-refractivity contribution in [1.82, 2.24) is 0 Å². The highest BCUT2D eigenvalue weighted by Gasteiger charge is 2.53. The van der Waals surface area contributed by atoms with Crippen LogP contribution in [-0.4, -0.2) is 80.2 Å². The molecule has 0 saturated carbocycles. The molecular formula is C48H54O10. The largest absolute Gasteiger partial charge is 0.385 e. The molecule has 10 heteroatoms. The smallest absolute Gasteiger partial charge is 0.187 e. The maximum atomic E-state index is 11.8. The van der Waals surface area contributed by atoms with Gasteiger partial charge in [-0.25, -0.2) is 0 Å². The Morgan fingerprint density at radius 2 is 0.845 bits per heavy atom. The van der Waals surface area contributed by atoms with Gasteiger partial charge in [0, 0.05) is 7.11 Å². The molecule has 0 aromatic heterocycles. The van der Waals surface area contributed by atoms with Gasteiger partial charge >= 0.3 is 0 Å². The molecule has 0 radical (unpaired) electrons. The number of methoxy groups -OCH3 is 1. The molecule has 4 unspecified atom stereocenters. The lowest BCUT2D eigenvalue weighted by atomic mass is 9.96. The molecule has 5 aromatic rings. The fourth-order valence-corrected chi connectivity index (χ4v) is 7.35. The Bertz CT molecular complexity index is 1870. The average molecular weight is 791 g/mol. The molecule has 10 atom stereocenters. The topological polar surface area (TPSA) is 103 Å². The molecule has 0 spiro atoms. The van der Waals surface area contributed by atoms with Crippen molar-refractivity contribution < 1.29 is 47.7 Å². The molecule has 58 heavy (non-hydrogen) atoms. The van der Waals surface area contributed by atoms with Gasteiger partial charge in [0.25, 0.3) is 0 Å². The van der Waals surface area contributed by atoms with E-state index in [-0.39, 0.29) is 26.4 Å². The number of rotatable bonds is 19. The van der Waals surface area contributed by atoms with E-state index in [1.165, 1.54) is 7.11 Å². The number of aliphatic hydroxyl groups is 1. The van der Waals surface area contributed by atoms with Gasteiger partial charge in [0.1, 0.15) is 42.7 Å². The van der Waals surface area contributed by atoms with Crippen LogP contribution in [0.5, 0.6) is 0 Å². The minimum absolute atomic E-state index is 0.159. The maximum absolute atomic E-state index is 11.8. The molecule has 2 saturated heterocycles. The first-order valence-electron chi connectivity index (χ1n) is 20.0. The molecule has 2 heterocycles. The van der Waals surface area contributed by atoms with E-state index in [0.717, 1.165) is 27.8 Å². The standard InChI is InChI=1S/C48H54O10/c1-34-42(52-29-36-20-10-4-11-21-36)44(41(49)47(50-2)56-34)58-48-46(55-32-39-26-16-7-17-27-39)45(54-31-38-24-14-6-15-25-38)43(53-30-37-22-12-5-13-23-37)40(57-48)33-51-28-35-18-8-3-9-19-35/h3-27,34,40-49H,28-33H2,1-2H3/t34?,40-,41?,42-,43+,44+,45?,46?,47+,48+/m0/s1. The Balaban J connectivity index is 1.23. The van der Waals surface area contributed by atoms with Gasteiger partial charge in [0.05, 0.1) is 45.7 Å². The van der Waals surface area contributed by atoms with E-state index in [1.54, 1.807) is 0 Å². The zero-order chi connectivity index (χ0) is 39.9.